The Bertz CT molecular complexity index is 1100. The van der Waals surface area contributed by atoms with Gasteiger partial charge in [-0.2, -0.15) is 5.10 Å². The van der Waals surface area contributed by atoms with Gasteiger partial charge in [-0.1, -0.05) is 32.9 Å². The van der Waals surface area contributed by atoms with Gasteiger partial charge in [0.2, 0.25) is 5.91 Å². The van der Waals surface area contributed by atoms with Crippen LogP contribution in [0.5, 0.6) is 11.5 Å². The quantitative estimate of drug-likeness (QED) is 0.390. The molecule has 0 fully saturated rings. The van der Waals surface area contributed by atoms with Crippen LogP contribution in [0.2, 0.25) is 0 Å². The lowest BCUT2D eigenvalue weighted by molar-refractivity contribution is -0.133. The molecule has 0 spiro atoms. The Morgan fingerprint density at radius 1 is 1.08 bits per heavy atom. The molecule has 1 aliphatic rings. The molecule has 3 rings (SSSR count). The Kier molecular flexibility index (Phi) is 11.0. The second-order valence-corrected chi connectivity index (χ2v) is 9.03. The molecule has 2 aromatic carbocycles. The number of hydrogen-bond donors (Lipinski definition) is 1. The number of carbonyl (C=O) groups is 2. The summed E-state index contributed by atoms with van der Waals surface area (Å²) in [6.07, 6.45) is 0.714. The molecule has 1 heterocycles. The Morgan fingerprint density at radius 3 is 2.45 bits per heavy atom. The molecule has 0 aliphatic carbocycles. The van der Waals surface area contributed by atoms with Gasteiger partial charge in [0.1, 0.15) is 6.61 Å². The zero-order valence-corrected chi connectivity index (χ0v) is 23.2. The molecule has 0 radical (unpaired) electrons. The van der Waals surface area contributed by atoms with Crippen molar-refractivity contribution in [1.29, 1.82) is 0 Å². The fourth-order valence-electron chi connectivity index (χ4n) is 4.37. The first-order valence-corrected chi connectivity index (χ1v) is 13.4. The highest BCUT2D eigenvalue weighted by atomic mass is 16.5. The van der Waals surface area contributed by atoms with Crippen LogP contribution >= 0.6 is 0 Å². The third-order valence-electron chi connectivity index (χ3n) is 6.64. The standard InChI is InChI=1S/C29H40N4O5/c1-6-22-19-27(34)33(31-28(22)23-12-15-25(36-5)26(18-23)37-9-4)20-21-10-13-24(14-11-21)30-29(35)38-17-16-32(7-2)8-3/h10-15,18,22H,6-9,16-17,19-20H2,1-5H3,(H,30,35). The molecule has 2 aromatic rings. The highest BCUT2D eigenvalue weighted by Crippen LogP contribution is 2.32. The van der Waals surface area contributed by atoms with Crippen molar-refractivity contribution in [2.24, 2.45) is 11.0 Å². The minimum atomic E-state index is -0.484. The lowest BCUT2D eigenvalue weighted by Crippen LogP contribution is -2.36. The highest BCUT2D eigenvalue weighted by Gasteiger charge is 2.29. The molecular weight excluding hydrogens is 484 g/mol. The summed E-state index contributed by atoms with van der Waals surface area (Å²) in [5, 5.41) is 9.05. The van der Waals surface area contributed by atoms with Crippen LogP contribution in [-0.4, -0.2) is 67.6 Å². The summed E-state index contributed by atoms with van der Waals surface area (Å²) in [4.78, 5) is 27.2. The molecule has 1 N–H and O–H groups in total. The van der Waals surface area contributed by atoms with Crippen molar-refractivity contribution in [1.82, 2.24) is 9.91 Å². The van der Waals surface area contributed by atoms with Gasteiger partial charge < -0.3 is 19.1 Å². The fraction of sp³-hybridized carbons (Fsp3) is 0.483. The smallest absolute Gasteiger partial charge is 0.411 e. The summed E-state index contributed by atoms with van der Waals surface area (Å²) < 4.78 is 16.4. The first-order valence-electron chi connectivity index (χ1n) is 13.4. The van der Waals surface area contributed by atoms with Crippen LogP contribution in [0.25, 0.3) is 0 Å². The SMILES string of the molecule is CCOc1cc(C2=NN(Cc3ccc(NC(=O)OCCN(CC)CC)cc3)C(=O)CC2CC)ccc1OC. The van der Waals surface area contributed by atoms with Gasteiger partial charge in [-0.25, -0.2) is 9.80 Å². The Balaban J connectivity index is 1.68. The molecule has 0 saturated heterocycles. The summed E-state index contributed by atoms with van der Waals surface area (Å²) in [6.45, 7) is 11.9. The molecule has 1 aliphatic heterocycles. The molecule has 2 amide bonds. The van der Waals surface area contributed by atoms with Gasteiger partial charge in [0.25, 0.3) is 0 Å². The van der Waals surface area contributed by atoms with Gasteiger partial charge in [0, 0.05) is 30.1 Å². The summed E-state index contributed by atoms with van der Waals surface area (Å²) in [5.41, 5.74) is 3.31. The molecule has 0 bridgehead atoms. The van der Waals surface area contributed by atoms with E-state index in [-0.39, 0.29) is 11.8 Å². The molecule has 38 heavy (non-hydrogen) atoms. The van der Waals surface area contributed by atoms with Crippen LogP contribution in [0, 0.1) is 5.92 Å². The van der Waals surface area contributed by atoms with Gasteiger partial charge >= 0.3 is 6.09 Å². The van der Waals surface area contributed by atoms with Gasteiger partial charge in [-0.3, -0.25) is 10.1 Å². The van der Waals surface area contributed by atoms with Crippen molar-refractivity contribution in [3.63, 3.8) is 0 Å². The topological polar surface area (TPSA) is 92.7 Å². The number of hydrogen-bond acceptors (Lipinski definition) is 7. The number of nitrogens with zero attached hydrogens (tertiary/aromatic N) is 3. The van der Waals surface area contributed by atoms with Gasteiger partial charge in [-0.05, 0) is 62.3 Å². The van der Waals surface area contributed by atoms with E-state index in [9.17, 15) is 9.59 Å². The highest BCUT2D eigenvalue weighted by molar-refractivity contribution is 6.06. The molecule has 0 saturated carbocycles. The lowest BCUT2D eigenvalue weighted by atomic mass is 9.89. The Morgan fingerprint density at radius 2 is 1.82 bits per heavy atom. The van der Waals surface area contributed by atoms with E-state index < -0.39 is 6.09 Å². The number of likely N-dealkylation sites (N-methyl/N-ethyl adjacent to an activating group) is 1. The van der Waals surface area contributed by atoms with Crippen molar-refractivity contribution in [3.8, 4) is 11.5 Å². The van der Waals surface area contributed by atoms with E-state index in [0.29, 0.717) is 49.9 Å². The third-order valence-corrected chi connectivity index (χ3v) is 6.64. The number of benzene rings is 2. The first kappa shape index (κ1) is 29.0. The number of rotatable bonds is 13. The zero-order valence-electron chi connectivity index (χ0n) is 23.2. The van der Waals surface area contributed by atoms with E-state index >= 15 is 0 Å². The van der Waals surface area contributed by atoms with E-state index in [1.165, 1.54) is 5.01 Å². The van der Waals surface area contributed by atoms with E-state index in [1.807, 2.05) is 37.3 Å². The third kappa shape index (κ3) is 7.71. The van der Waals surface area contributed by atoms with Crippen molar-refractivity contribution >= 4 is 23.4 Å². The average Bonchev–Trinajstić information content (AvgIpc) is 2.93. The number of methoxy groups -OCH3 is 1. The summed E-state index contributed by atoms with van der Waals surface area (Å²) in [7, 11) is 1.61. The minimum Gasteiger partial charge on any atom is -0.493 e. The number of nitrogens with one attached hydrogen (secondary N) is 1. The van der Waals surface area contributed by atoms with Gasteiger partial charge in [0.15, 0.2) is 11.5 Å². The van der Waals surface area contributed by atoms with Gasteiger partial charge in [0.05, 0.1) is 26.0 Å². The maximum absolute atomic E-state index is 12.9. The average molecular weight is 525 g/mol. The largest absolute Gasteiger partial charge is 0.493 e. The van der Waals surface area contributed by atoms with E-state index in [0.717, 1.165) is 36.3 Å². The van der Waals surface area contributed by atoms with Gasteiger partial charge in [-0.15, -0.1) is 0 Å². The number of ether oxygens (including phenoxy) is 3. The molecular formula is C29H40N4O5. The predicted molar refractivity (Wildman–Crippen MR) is 149 cm³/mol. The number of carbonyl (C=O) groups excluding carboxylic acids is 2. The normalized spacial score (nSPS) is 15.3. The molecule has 0 aromatic heterocycles. The molecule has 206 valence electrons. The number of anilines is 1. The second kappa shape index (κ2) is 14.4. The van der Waals surface area contributed by atoms with Crippen LogP contribution in [0.3, 0.4) is 0 Å². The zero-order chi connectivity index (χ0) is 27.5. The van der Waals surface area contributed by atoms with E-state index in [4.69, 9.17) is 19.3 Å². The van der Waals surface area contributed by atoms with Crippen LogP contribution in [0.15, 0.2) is 47.6 Å². The van der Waals surface area contributed by atoms with E-state index in [2.05, 4.69) is 31.0 Å². The molecule has 9 nitrogen and oxygen atoms in total. The fourth-order valence-corrected chi connectivity index (χ4v) is 4.37. The van der Waals surface area contributed by atoms with Crippen LogP contribution in [0.4, 0.5) is 10.5 Å². The lowest BCUT2D eigenvalue weighted by Gasteiger charge is -2.29. The summed E-state index contributed by atoms with van der Waals surface area (Å²) in [5.74, 6) is 1.33. The Hall–Kier alpha value is -3.59. The number of amides is 2. The van der Waals surface area contributed by atoms with Crippen LogP contribution < -0.4 is 14.8 Å². The van der Waals surface area contributed by atoms with Crippen molar-refractivity contribution in [2.45, 2.75) is 47.1 Å². The van der Waals surface area contributed by atoms with Crippen LogP contribution in [-0.2, 0) is 16.1 Å². The summed E-state index contributed by atoms with van der Waals surface area (Å²) >= 11 is 0. The molecule has 1 unspecified atom stereocenters. The predicted octanol–water partition coefficient (Wildman–Crippen LogP) is 5.15. The monoisotopic (exact) mass is 524 g/mol. The van der Waals surface area contributed by atoms with Crippen molar-refractivity contribution in [3.05, 3.63) is 53.6 Å². The maximum atomic E-state index is 12.9. The number of hydrazone groups is 1. The molecule has 1 atom stereocenters. The van der Waals surface area contributed by atoms with Crippen molar-refractivity contribution < 1.29 is 23.8 Å². The first-order chi connectivity index (χ1) is 18.4. The van der Waals surface area contributed by atoms with Crippen LogP contribution in [0.1, 0.15) is 51.7 Å². The Labute approximate surface area is 225 Å². The molecule has 9 heteroatoms. The maximum Gasteiger partial charge on any atom is 0.411 e. The summed E-state index contributed by atoms with van der Waals surface area (Å²) in [6, 6.07) is 13.1. The van der Waals surface area contributed by atoms with E-state index in [1.54, 1.807) is 19.2 Å². The van der Waals surface area contributed by atoms with Crippen molar-refractivity contribution in [2.75, 3.05) is 45.3 Å². The minimum absolute atomic E-state index is 0.0156. The second-order valence-electron chi connectivity index (χ2n) is 9.03.